The lowest BCUT2D eigenvalue weighted by atomic mass is 10.1. The van der Waals surface area contributed by atoms with E-state index < -0.39 is 0 Å². The van der Waals surface area contributed by atoms with E-state index in [2.05, 4.69) is 73.2 Å². The average Bonchev–Trinajstić information content (AvgIpc) is 2.72. The molecule has 170 valence electrons. The standard InChI is InChI=1S/C26H34N2O2S2/c1-19-9-7-10-20(2)25(19)27(5)17-23(13-15-29)31-32-24(14-16-30)18-28(6)26-21(3)11-8-12-22(26)4/h7-14,17-18,29-30H,15-16H2,1-6H3/q+2/b23-13+,24-14+,27-17?,28-18?. The Balaban J connectivity index is 2.28. The first-order chi connectivity index (χ1) is 15.3. The van der Waals surface area contributed by atoms with Crippen LogP contribution in [-0.2, 0) is 0 Å². The first-order valence-electron chi connectivity index (χ1n) is 10.5. The van der Waals surface area contributed by atoms with Crippen molar-refractivity contribution in [3.05, 3.63) is 80.6 Å². The number of allylic oxidation sites excluding steroid dienone is 2. The normalized spacial score (nSPS) is 13.6. The Morgan fingerprint density at radius 2 is 1.00 bits per heavy atom. The highest BCUT2D eigenvalue weighted by Gasteiger charge is 2.15. The molecule has 0 heterocycles. The van der Waals surface area contributed by atoms with Gasteiger partial charge in [-0.1, -0.05) is 36.4 Å². The minimum absolute atomic E-state index is 0.0367. The molecule has 2 aromatic carbocycles. The van der Waals surface area contributed by atoms with Crippen LogP contribution in [0.4, 0.5) is 11.4 Å². The van der Waals surface area contributed by atoms with Gasteiger partial charge in [-0.25, -0.2) is 0 Å². The van der Waals surface area contributed by atoms with E-state index in [1.54, 1.807) is 33.7 Å². The summed E-state index contributed by atoms with van der Waals surface area (Å²) in [5.74, 6) is 0. The van der Waals surface area contributed by atoms with Crippen molar-refractivity contribution >= 4 is 45.4 Å². The summed E-state index contributed by atoms with van der Waals surface area (Å²) in [5, 5.41) is 19.1. The molecule has 0 bridgehead atoms. The van der Waals surface area contributed by atoms with Crippen LogP contribution in [0, 0.1) is 27.7 Å². The fourth-order valence-corrected chi connectivity index (χ4v) is 5.85. The van der Waals surface area contributed by atoms with Crippen molar-refractivity contribution in [2.24, 2.45) is 0 Å². The van der Waals surface area contributed by atoms with E-state index in [1.807, 2.05) is 26.5 Å². The van der Waals surface area contributed by atoms with Gasteiger partial charge in [0.15, 0.2) is 12.4 Å². The number of hydrogen-bond acceptors (Lipinski definition) is 4. The SMILES string of the molecule is Cc1cccc(C)c1[N+](C)=C/C(=C\CO)SS/C(C=[N+](C)c1c(C)cccc1C)=C/CO. The number of nitrogens with zero attached hydrogens (tertiary/aromatic N) is 2. The van der Waals surface area contributed by atoms with Crippen LogP contribution in [0.2, 0.25) is 0 Å². The summed E-state index contributed by atoms with van der Waals surface area (Å²) in [5.41, 5.74) is 7.13. The van der Waals surface area contributed by atoms with Crippen LogP contribution in [0.15, 0.2) is 58.4 Å². The zero-order valence-electron chi connectivity index (χ0n) is 19.8. The zero-order chi connectivity index (χ0) is 23.7. The Kier molecular flexibility index (Phi) is 10.5. The summed E-state index contributed by atoms with van der Waals surface area (Å²) < 4.78 is 4.20. The molecule has 2 aromatic rings. The van der Waals surface area contributed by atoms with Gasteiger partial charge >= 0.3 is 0 Å². The zero-order valence-corrected chi connectivity index (χ0v) is 21.4. The Labute approximate surface area is 200 Å². The maximum atomic E-state index is 9.54. The summed E-state index contributed by atoms with van der Waals surface area (Å²) in [4.78, 5) is 1.88. The van der Waals surface area contributed by atoms with Gasteiger partial charge in [0, 0.05) is 22.3 Å². The number of aliphatic hydroxyl groups excluding tert-OH is 2. The molecular weight excluding hydrogens is 436 g/mol. The Morgan fingerprint density at radius 1 is 0.688 bits per heavy atom. The molecule has 0 aromatic heterocycles. The van der Waals surface area contributed by atoms with Crippen LogP contribution in [0.1, 0.15) is 22.3 Å². The lowest BCUT2D eigenvalue weighted by molar-refractivity contribution is -0.400. The molecule has 0 atom stereocenters. The summed E-state index contributed by atoms with van der Waals surface area (Å²) in [7, 11) is 7.17. The molecule has 4 nitrogen and oxygen atoms in total. The molecule has 0 spiro atoms. The monoisotopic (exact) mass is 470 g/mol. The van der Waals surface area contributed by atoms with Crippen LogP contribution < -0.4 is 0 Å². The van der Waals surface area contributed by atoms with E-state index in [9.17, 15) is 10.2 Å². The van der Waals surface area contributed by atoms with Crippen molar-refractivity contribution in [2.75, 3.05) is 27.3 Å². The lowest BCUT2D eigenvalue weighted by Gasteiger charge is -2.07. The highest BCUT2D eigenvalue weighted by atomic mass is 33.1. The van der Waals surface area contributed by atoms with Gasteiger partial charge < -0.3 is 10.2 Å². The van der Waals surface area contributed by atoms with Crippen LogP contribution in [0.3, 0.4) is 0 Å². The molecule has 0 aliphatic carbocycles. The van der Waals surface area contributed by atoms with E-state index in [1.165, 1.54) is 22.3 Å². The largest absolute Gasteiger partial charge is 0.392 e. The van der Waals surface area contributed by atoms with Crippen molar-refractivity contribution in [1.29, 1.82) is 0 Å². The van der Waals surface area contributed by atoms with Crippen LogP contribution in [0.25, 0.3) is 0 Å². The number of rotatable bonds is 9. The molecule has 0 saturated carbocycles. The molecule has 2 N–H and O–H groups in total. The predicted molar refractivity (Wildman–Crippen MR) is 141 cm³/mol. The molecule has 0 amide bonds. The first-order valence-corrected chi connectivity index (χ1v) is 12.7. The molecule has 0 aliphatic rings. The van der Waals surface area contributed by atoms with Crippen LogP contribution in [-0.4, -0.2) is 59.1 Å². The van der Waals surface area contributed by atoms with Gasteiger partial charge in [0.05, 0.1) is 23.0 Å². The molecule has 32 heavy (non-hydrogen) atoms. The molecule has 0 saturated heterocycles. The number of aryl methyl sites for hydroxylation is 4. The van der Waals surface area contributed by atoms with Gasteiger partial charge in [0.1, 0.15) is 14.1 Å². The second-order valence-electron chi connectivity index (χ2n) is 7.71. The smallest absolute Gasteiger partial charge is 0.210 e. The fraction of sp³-hybridized carbons (Fsp3) is 0.308. The summed E-state index contributed by atoms with van der Waals surface area (Å²) in [6.07, 6.45) is 7.67. The molecule has 6 heteroatoms. The van der Waals surface area contributed by atoms with Crippen molar-refractivity contribution in [2.45, 2.75) is 27.7 Å². The molecule has 2 rings (SSSR count). The third kappa shape index (κ3) is 7.20. The topological polar surface area (TPSA) is 46.5 Å². The highest BCUT2D eigenvalue weighted by molar-refractivity contribution is 8.80. The van der Waals surface area contributed by atoms with E-state index in [0.717, 1.165) is 21.2 Å². The molecular formula is C26H34N2O2S2+2. The second-order valence-corrected chi connectivity index (χ2v) is 9.98. The molecule has 0 fully saturated rings. The van der Waals surface area contributed by atoms with Crippen molar-refractivity contribution < 1.29 is 19.4 Å². The summed E-state index contributed by atoms with van der Waals surface area (Å²) in [6, 6.07) is 12.5. The van der Waals surface area contributed by atoms with Gasteiger partial charge in [-0.2, -0.15) is 9.15 Å². The van der Waals surface area contributed by atoms with Gasteiger partial charge in [0.25, 0.3) is 0 Å². The number of benzene rings is 2. The molecule has 0 radical (unpaired) electrons. The van der Waals surface area contributed by atoms with Crippen LogP contribution in [0.5, 0.6) is 0 Å². The third-order valence-corrected chi connectivity index (χ3v) is 7.46. The lowest BCUT2D eigenvalue weighted by Crippen LogP contribution is -2.05. The number of aliphatic hydroxyl groups is 2. The molecule has 0 unspecified atom stereocenters. The molecule has 0 aliphatic heterocycles. The predicted octanol–water partition coefficient (Wildman–Crippen LogP) is 5.44. The van der Waals surface area contributed by atoms with Crippen molar-refractivity contribution in [3.8, 4) is 0 Å². The Morgan fingerprint density at radius 3 is 1.28 bits per heavy atom. The summed E-state index contributed by atoms with van der Waals surface area (Å²) >= 11 is 0. The average molecular weight is 471 g/mol. The maximum absolute atomic E-state index is 9.54. The van der Waals surface area contributed by atoms with Gasteiger partial charge in [0.2, 0.25) is 11.4 Å². The van der Waals surface area contributed by atoms with Crippen LogP contribution >= 0.6 is 21.6 Å². The van der Waals surface area contributed by atoms with E-state index in [-0.39, 0.29) is 13.2 Å². The number of hydrogen-bond donors (Lipinski definition) is 2. The maximum Gasteiger partial charge on any atom is 0.210 e. The summed E-state index contributed by atoms with van der Waals surface area (Å²) in [6.45, 7) is 8.33. The first kappa shape index (κ1) is 26.1. The minimum Gasteiger partial charge on any atom is -0.392 e. The van der Waals surface area contributed by atoms with Crippen molar-refractivity contribution in [3.63, 3.8) is 0 Å². The van der Waals surface area contributed by atoms with Gasteiger partial charge in [-0.3, -0.25) is 0 Å². The minimum atomic E-state index is -0.0367. The van der Waals surface area contributed by atoms with Crippen molar-refractivity contribution in [1.82, 2.24) is 0 Å². The number of para-hydroxylation sites is 2. The van der Waals surface area contributed by atoms with E-state index in [4.69, 9.17) is 0 Å². The Bertz CT molecular complexity index is 943. The quantitative estimate of drug-likeness (QED) is 0.291. The second kappa shape index (κ2) is 12.8. The van der Waals surface area contributed by atoms with E-state index in [0.29, 0.717) is 0 Å². The van der Waals surface area contributed by atoms with Gasteiger partial charge in [-0.15, -0.1) is 0 Å². The fourth-order valence-electron chi connectivity index (χ4n) is 3.73. The third-order valence-electron chi connectivity index (χ3n) is 5.05. The van der Waals surface area contributed by atoms with Gasteiger partial charge in [-0.05, 0) is 61.4 Å². The highest BCUT2D eigenvalue weighted by Crippen LogP contribution is 2.35. The van der Waals surface area contributed by atoms with E-state index >= 15 is 0 Å². The Hall–Kier alpha value is -2.12.